The Balaban J connectivity index is 4.11. The highest BCUT2D eigenvalue weighted by Gasteiger charge is 2.23. The lowest BCUT2D eigenvalue weighted by atomic mass is 10.1. The molecule has 0 aromatic rings. The molecule has 0 aliphatic heterocycles. The maximum absolute atomic E-state index is 12.1. The molecule has 0 aromatic heterocycles. The second-order valence-electron chi connectivity index (χ2n) is 7.14. The van der Waals surface area contributed by atoms with Crippen LogP contribution in [0.15, 0.2) is 0 Å². The molecule has 0 spiro atoms. The molecule has 0 saturated heterocycles. The van der Waals surface area contributed by atoms with E-state index in [0.717, 1.165) is 19.3 Å². The molecule has 0 radical (unpaired) electrons. The number of rotatable bonds is 14. The van der Waals surface area contributed by atoms with Crippen LogP contribution in [0.5, 0.6) is 0 Å². The molecule has 3 N–H and O–H groups in total. The zero-order chi connectivity index (χ0) is 21.5. The second-order valence-corrected chi connectivity index (χ2v) is 7.14. The maximum Gasteiger partial charge on any atom is 0.328 e. The number of methoxy groups -OCH3 is 1. The van der Waals surface area contributed by atoms with Crippen molar-refractivity contribution >= 4 is 23.7 Å². The van der Waals surface area contributed by atoms with E-state index in [0.29, 0.717) is 6.42 Å². The second kappa shape index (κ2) is 14.9. The van der Waals surface area contributed by atoms with Gasteiger partial charge in [0.1, 0.15) is 18.1 Å². The molecule has 0 aromatic carbocycles. The first-order valence-electron chi connectivity index (χ1n) is 10.2. The smallest absolute Gasteiger partial charge is 0.328 e. The van der Waals surface area contributed by atoms with Gasteiger partial charge in [-0.2, -0.15) is 0 Å². The van der Waals surface area contributed by atoms with Crippen molar-refractivity contribution in [2.24, 2.45) is 0 Å². The highest BCUT2D eigenvalue weighted by molar-refractivity contribution is 5.93. The van der Waals surface area contributed by atoms with Gasteiger partial charge in [-0.1, -0.05) is 45.4 Å². The predicted octanol–water partition coefficient (Wildman–Crippen LogP) is 1.81. The molecule has 162 valence electrons. The van der Waals surface area contributed by atoms with Crippen LogP contribution < -0.4 is 16.0 Å². The molecule has 8 nitrogen and oxygen atoms in total. The van der Waals surface area contributed by atoms with Crippen molar-refractivity contribution in [2.45, 2.75) is 97.2 Å². The molecule has 8 heteroatoms. The van der Waals surface area contributed by atoms with Crippen LogP contribution in [0.3, 0.4) is 0 Å². The first-order valence-corrected chi connectivity index (χ1v) is 10.2. The van der Waals surface area contributed by atoms with Crippen LogP contribution in [0.4, 0.5) is 0 Å². The Hall–Kier alpha value is -2.12. The van der Waals surface area contributed by atoms with Gasteiger partial charge in [0.05, 0.1) is 7.11 Å². The summed E-state index contributed by atoms with van der Waals surface area (Å²) in [5.74, 6) is -1.71. The van der Waals surface area contributed by atoms with Crippen molar-refractivity contribution in [1.29, 1.82) is 0 Å². The highest BCUT2D eigenvalue weighted by atomic mass is 16.5. The Bertz CT molecular complexity index is 510. The largest absolute Gasteiger partial charge is 0.467 e. The number of carbonyl (C=O) groups excluding carboxylic acids is 4. The molecular formula is C20H37N3O5. The molecule has 28 heavy (non-hydrogen) atoms. The molecule has 0 saturated carbocycles. The van der Waals surface area contributed by atoms with E-state index >= 15 is 0 Å². The van der Waals surface area contributed by atoms with Crippen LogP contribution in [0.2, 0.25) is 0 Å². The number of esters is 1. The number of hydrogen-bond donors (Lipinski definition) is 3. The highest BCUT2D eigenvalue weighted by Crippen LogP contribution is 2.08. The van der Waals surface area contributed by atoms with Crippen LogP contribution in [-0.4, -0.2) is 48.9 Å². The first-order chi connectivity index (χ1) is 13.2. The van der Waals surface area contributed by atoms with Gasteiger partial charge in [0.2, 0.25) is 17.7 Å². The fourth-order valence-corrected chi connectivity index (χ4v) is 2.60. The summed E-state index contributed by atoms with van der Waals surface area (Å²) >= 11 is 0. The minimum Gasteiger partial charge on any atom is -0.467 e. The summed E-state index contributed by atoms with van der Waals surface area (Å²) in [6, 6.07) is -2.40. The van der Waals surface area contributed by atoms with Gasteiger partial charge >= 0.3 is 5.97 Å². The van der Waals surface area contributed by atoms with E-state index in [1.807, 2.05) is 0 Å². The minimum atomic E-state index is -0.845. The third kappa shape index (κ3) is 11.6. The van der Waals surface area contributed by atoms with E-state index in [1.54, 1.807) is 6.92 Å². The topological polar surface area (TPSA) is 114 Å². The summed E-state index contributed by atoms with van der Waals surface area (Å²) in [5, 5.41) is 7.62. The molecule has 0 aliphatic carbocycles. The Morgan fingerprint density at radius 2 is 1.18 bits per heavy atom. The van der Waals surface area contributed by atoms with Crippen molar-refractivity contribution in [3.63, 3.8) is 0 Å². The Kier molecular flexibility index (Phi) is 13.8. The summed E-state index contributed by atoms with van der Waals surface area (Å²) in [7, 11) is 1.23. The summed E-state index contributed by atoms with van der Waals surface area (Å²) in [6.07, 6.45) is 8.23. The molecule has 0 bridgehead atoms. The standard InChI is InChI=1S/C20H37N3O5/c1-6-7-8-9-10-11-12-13-17(24)21-14(2)18(25)22-15(3)19(26)23-16(4)20(27)28-5/h14-16H,6-13H2,1-5H3,(H,21,24)(H,22,25)(H,23,26)/t14-,15-,16-/m0/s1. The lowest BCUT2D eigenvalue weighted by Crippen LogP contribution is -2.53. The van der Waals surface area contributed by atoms with Gasteiger partial charge in [-0.25, -0.2) is 4.79 Å². The molecule has 0 fully saturated rings. The predicted molar refractivity (Wildman–Crippen MR) is 107 cm³/mol. The van der Waals surface area contributed by atoms with E-state index in [9.17, 15) is 19.2 Å². The fourth-order valence-electron chi connectivity index (χ4n) is 2.60. The molecule has 0 rings (SSSR count). The zero-order valence-electron chi connectivity index (χ0n) is 17.9. The van der Waals surface area contributed by atoms with Crippen LogP contribution >= 0.6 is 0 Å². The number of hydrogen-bond acceptors (Lipinski definition) is 5. The van der Waals surface area contributed by atoms with Gasteiger partial charge in [-0.05, 0) is 27.2 Å². The van der Waals surface area contributed by atoms with Crippen molar-refractivity contribution < 1.29 is 23.9 Å². The van der Waals surface area contributed by atoms with Crippen LogP contribution in [0.1, 0.15) is 79.1 Å². The maximum atomic E-state index is 12.1. The normalized spacial score (nSPS) is 13.8. The van der Waals surface area contributed by atoms with Gasteiger partial charge in [0, 0.05) is 6.42 Å². The van der Waals surface area contributed by atoms with Crippen LogP contribution in [-0.2, 0) is 23.9 Å². The number of nitrogens with one attached hydrogen (secondary N) is 3. The van der Waals surface area contributed by atoms with Crippen molar-refractivity contribution in [1.82, 2.24) is 16.0 Å². The average Bonchev–Trinajstić information content (AvgIpc) is 2.66. The number of amides is 3. The Labute approximate surface area is 168 Å². The third-order valence-electron chi connectivity index (χ3n) is 4.44. The summed E-state index contributed by atoms with van der Waals surface area (Å²) in [6.45, 7) is 6.74. The van der Waals surface area contributed by atoms with E-state index < -0.39 is 35.9 Å². The molecular weight excluding hydrogens is 362 g/mol. The number of ether oxygens (including phenoxy) is 1. The van der Waals surface area contributed by atoms with E-state index in [1.165, 1.54) is 46.6 Å². The van der Waals surface area contributed by atoms with Crippen molar-refractivity contribution in [3.05, 3.63) is 0 Å². The first kappa shape index (κ1) is 25.9. The zero-order valence-corrected chi connectivity index (χ0v) is 17.9. The van der Waals surface area contributed by atoms with Crippen molar-refractivity contribution in [2.75, 3.05) is 7.11 Å². The van der Waals surface area contributed by atoms with Crippen LogP contribution in [0.25, 0.3) is 0 Å². The lowest BCUT2D eigenvalue weighted by Gasteiger charge is -2.19. The summed E-state index contributed by atoms with van der Waals surface area (Å²) in [5.41, 5.74) is 0. The third-order valence-corrected chi connectivity index (χ3v) is 4.44. The molecule has 3 amide bonds. The van der Waals surface area contributed by atoms with Gasteiger partial charge in [0.15, 0.2) is 0 Å². The summed E-state index contributed by atoms with van der Waals surface area (Å²) in [4.78, 5) is 47.4. The van der Waals surface area contributed by atoms with E-state index in [2.05, 4.69) is 27.6 Å². The van der Waals surface area contributed by atoms with Gasteiger partial charge < -0.3 is 20.7 Å². The van der Waals surface area contributed by atoms with E-state index in [4.69, 9.17) is 0 Å². The van der Waals surface area contributed by atoms with E-state index in [-0.39, 0.29) is 5.91 Å². The minimum absolute atomic E-state index is 0.173. The quantitative estimate of drug-likeness (QED) is 0.304. The lowest BCUT2D eigenvalue weighted by molar-refractivity contribution is -0.144. The molecule has 0 unspecified atom stereocenters. The summed E-state index contributed by atoms with van der Waals surface area (Å²) < 4.78 is 4.53. The molecule has 0 aliphatic rings. The monoisotopic (exact) mass is 399 g/mol. The van der Waals surface area contributed by atoms with Gasteiger partial charge in [-0.3, -0.25) is 14.4 Å². The average molecular weight is 400 g/mol. The number of carbonyl (C=O) groups is 4. The SMILES string of the molecule is CCCCCCCCCC(=O)N[C@@H](C)C(=O)N[C@@H](C)C(=O)N[C@@H](C)C(=O)OC. The van der Waals surface area contributed by atoms with Crippen LogP contribution in [0, 0.1) is 0 Å². The fraction of sp³-hybridized carbons (Fsp3) is 0.800. The molecule has 3 atom stereocenters. The number of unbranched alkanes of at least 4 members (excludes halogenated alkanes) is 6. The molecule has 0 heterocycles. The van der Waals surface area contributed by atoms with Gasteiger partial charge in [-0.15, -0.1) is 0 Å². The Morgan fingerprint density at radius 3 is 1.71 bits per heavy atom. The Morgan fingerprint density at radius 1 is 0.714 bits per heavy atom. The van der Waals surface area contributed by atoms with Crippen molar-refractivity contribution in [3.8, 4) is 0 Å². The van der Waals surface area contributed by atoms with Gasteiger partial charge in [0.25, 0.3) is 0 Å².